The van der Waals surface area contributed by atoms with Crippen LogP contribution < -0.4 is 5.32 Å². The van der Waals surface area contributed by atoms with Crippen molar-refractivity contribution in [3.05, 3.63) is 0 Å². The number of hydrogen-bond acceptors (Lipinski definition) is 3. The van der Waals surface area contributed by atoms with Crippen molar-refractivity contribution in [1.29, 1.82) is 0 Å². The fourth-order valence-electron chi connectivity index (χ4n) is 1.11. The van der Waals surface area contributed by atoms with E-state index >= 15 is 0 Å². The number of carbonyl (C=O) groups excluding carboxylic acids is 1. The molecular weight excluding hydrogens is 150 g/mol. The summed E-state index contributed by atoms with van der Waals surface area (Å²) in [7, 11) is 0. The van der Waals surface area contributed by atoms with E-state index in [1.54, 1.807) is 0 Å². The Balaban J connectivity index is 2.62. The number of β-lactam (4-membered cyclic amide) rings is 1. The van der Waals surface area contributed by atoms with Crippen molar-refractivity contribution in [3.8, 4) is 0 Å². The Morgan fingerprint density at radius 3 is 2.45 bits per heavy atom. The number of carboxylic acids is 1. The molecule has 5 nitrogen and oxygen atoms in total. The van der Waals surface area contributed by atoms with Gasteiger partial charge in [-0.1, -0.05) is 0 Å². The number of aliphatic carboxylic acids is 1. The number of aliphatic hydroxyl groups excluding tert-OH is 1. The first-order valence-corrected chi connectivity index (χ1v) is 3.25. The lowest BCUT2D eigenvalue weighted by Gasteiger charge is -2.35. The van der Waals surface area contributed by atoms with Gasteiger partial charge in [-0.15, -0.1) is 0 Å². The van der Waals surface area contributed by atoms with Crippen molar-refractivity contribution in [2.75, 3.05) is 0 Å². The molecule has 0 aromatic rings. The van der Waals surface area contributed by atoms with E-state index in [2.05, 4.69) is 5.32 Å². The highest BCUT2D eigenvalue weighted by atomic mass is 16.4. The third-order valence-electron chi connectivity index (χ3n) is 1.75. The Kier molecular flexibility index (Phi) is 1.82. The molecule has 5 heteroatoms. The first kappa shape index (κ1) is 8.00. The monoisotopic (exact) mass is 159 g/mol. The van der Waals surface area contributed by atoms with Crippen molar-refractivity contribution < 1.29 is 19.8 Å². The Bertz CT molecular complexity index is 201. The minimum atomic E-state index is -1.10. The molecule has 0 bridgehead atoms. The zero-order valence-electron chi connectivity index (χ0n) is 5.94. The summed E-state index contributed by atoms with van der Waals surface area (Å²) in [6.07, 6.45) is -0.898. The van der Waals surface area contributed by atoms with Gasteiger partial charge in [-0.05, 0) is 6.92 Å². The highest BCUT2D eigenvalue weighted by Gasteiger charge is 2.46. The Hall–Kier alpha value is -1.10. The lowest BCUT2D eigenvalue weighted by molar-refractivity contribution is -0.157. The maximum Gasteiger partial charge on any atom is 0.327 e. The van der Waals surface area contributed by atoms with Gasteiger partial charge in [0.25, 0.3) is 0 Å². The fourth-order valence-corrected chi connectivity index (χ4v) is 1.11. The molecule has 3 atom stereocenters. The average molecular weight is 159 g/mol. The molecule has 1 aliphatic rings. The third-order valence-corrected chi connectivity index (χ3v) is 1.75. The molecule has 0 unspecified atom stereocenters. The SMILES string of the molecule is C[C@@H](O)[C@@H]1C(=O)N[C@@H]1C(=O)O. The van der Waals surface area contributed by atoms with Crippen LogP contribution in [0.15, 0.2) is 0 Å². The zero-order valence-corrected chi connectivity index (χ0v) is 5.94. The third kappa shape index (κ3) is 1.19. The second kappa shape index (κ2) is 2.50. The zero-order chi connectivity index (χ0) is 8.59. The number of hydrogen-bond donors (Lipinski definition) is 3. The molecule has 0 saturated carbocycles. The van der Waals surface area contributed by atoms with Crippen molar-refractivity contribution in [2.45, 2.75) is 19.1 Å². The van der Waals surface area contributed by atoms with Crippen LogP contribution in [0.1, 0.15) is 6.92 Å². The number of carbonyl (C=O) groups is 2. The van der Waals surface area contributed by atoms with E-state index in [1.807, 2.05) is 0 Å². The molecule has 0 aliphatic carbocycles. The second-order valence-corrected chi connectivity index (χ2v) is 2.59. The molecule has 1 amide bonds. The van der Waals surface area contributed by atoms with E-state index in [-0.39, 0.29) is 0 Å². The first-order valence-electron chi connectivity index (χ1n) is 3.25. The van der Waals surface area contributed by atoms with E-state index in [0.717, 1.165) is 0 Å². The smallest absolute Gasteiger partial charge is 0.327 e. The highest BCUT2D eigenvalue weighted by molar-refractivity contribution is 5.96. The van der Waals surface area contributed by atoms with Crippen LogP contribution in [0.2, 0.25) is 0 Å². The van der Waals surface area contributed by atoms with Crippen molar-refractivity contribution in [1.82, 2.24) is 5.32 Å². The quantitative estimate of drug-likeness (QED) is 0.431. The van der Waals surface area contributed by atoms with Crippen LogP contribution in [0.25, 0.3) is 0 Å². The highest BCUT2D eigenvalue weighted by Crippen LogP contribution is 2.18. The van der Waals surface area contributed by atoms with Crippen molar-refractivity contribution in [3.63, 3.8) is 0 Å². The van der Waals surface area contributed by atoms with Gasteiger partial charge in [0.05, 0.1) is 12.0 Å². The summed E-state index contributed by atoms with van der Waals surface area (Å²) in [4.78, 5) is 21.0. The maximum atomic E-state index is 10.7. The summed E-state index contributed by atoms with van der Waals surface area (Å²) < 4.78 is 0. The Morgan fingerprint density at radius 2 is 2.27 bits per heavy atom. The number of carboxylic acid groups (broad SMARTS) is 1. The summed E-state index contributed by atoms with van der Waals surface area (Å²) in [5.74, 6) is -2.28. The maximum absolute atomic E-state index is 10.7. The Labute approximate surface area is 63.0 Å². The van der Waals surface area contributed by atoms with E-state index in [1.165, 1.54) is 6.92 Å². The molecule has 1 aliphatic heterocycles. The van der Waals surface area contributed by atoms with Crippen molar-refractivity contribution in [2.24, 2.45) is 5.92 Å². The minimum absolute atomic E-state index is 0.396. The average Bonchev–Trinajstić information content (AvgIpc) is 1.80. The normalized spacial score (nSPS) is 32.0. The summed E-state index contributed by atoms with van der Waals surface area (Å²) >= 11 is 0. The summed E-state index contributed by atoms with van der Waals surface area (Å²) in [6, 6.07) is -0.914. The predicted molar refractivity (Wildman–Crippen MR) is 34.7 cm³/mol. The molecule has 62 valence electrons. The van der Waals surface area contributed by atoms with Crippen LogP contribution in [-0.2, 0) is 9.59 Å². The number of nitrogens with one attached hydrogen (secondary N) is 1. The predicted octanol–water partition coefficient (Wildman–Crippen LogP) is -1.43. The van der Waals surface area contributed by atoms with Gasteiger partial charge in [0.2, 0.25) is 5.91 Å². The van der Waals surface area contributed by atoms with E-state index in [4.69, 9.17) is 10.2 Å². The fraction of sp³-hybridized carbons (Fsp3) is 0.667. The lowest BCUT2D eigenvalue weighted by Crippen LogP contribution is -2.65. The van der Waals surface area contributed by atoms with Crippen LogP contribution in [0.3, 0.4) is 0 Å². The minimum Gasteiger partial charge on any atom is -0.480 e. The molecule has 1 heterocycles. The molecule has 3 N–H and O–H groups in total. The Morgan fingerprint density at radius 1 is 1.73 bits per heavy atom. The van der Waals surface area contributed by atoms with Gasteiger partial charge in [0, 0.05) is 0 Å². The van der Waals surface area contributed by atoms with Gasteiger partial charge >= 0.3 is 5.97 Å². The molecule has 11 heavy (non-hydrogen) atoms. The first-order chi connectivity index (χ1) is 5.04. The molecule has 0 aromatic carbocycles. The van der Waals surface area contributed by atoms with E-state index in [9.17, 15) is 9.59 Å². The molecular formula is C6H9NO4. The standard InChI is InChI=1S/C6H9NO4/c1-2(8)3-4(6(10)11)7-5(3)9/h2-4,8H,1H3,(H,7,9)(H,10,11)/t2-,3+,4+/m1/s1. The van der Waals surface area contributed by atoms with Gasteiger partial charge < -0.3 is 15.5 Å². The number of aliphatic hydroxyl groups is 1. The largest absolute Gasteiger partial charge is 0.480 e. The number of amides is 1. The summed E-state index contributed by atoms with van der Waals surface area (Å²) in [5.41, 5.74) is 0. The van der Waals surface area contributed by atoms with Gasteiger partial charge in [-0.25, -0.2) is 4.79 Å². The van der Waals surface area contributed by atoms with E-state index in [0.29, 0.717) is 0 Å². The molecule has 0 aromatic heterocycles. The molecule has 0 radical (unpaired) electrons. The van der Waals surface area contributed by atoms with Crippen LogP contribution in [0.5, 0.6) is 0 Å². The summed E-state index contributed by atoms with van der Waals surface area (Å²) in [6.45, 7) is 1.40. The van der Waals surface area contributed by atoms with Crippen LogP contribution >= 0.6 is 0 Å². The van der Waals surface area contributed by atoms with Crippen LogP contribution in [0.4, 0.5) is 0 Å². The molecule has 0 spiro atoms. The van der Waals surface area contributed by atoms with Gasteiger partial charge in [0.15, 0.2) is 0 Å². The topological polar surface area (TPSA) is 86.6 Å². The van der Waals surface area contributed by atoms with Gasteiger partial charge in [0.1, 0.15) is 6.04 Å². The summed E-state index contributed by atoms with van der Waals surface area (Å²) in [5, 5.41) is 19.6. The number of rotatable bonds is 2. The van der Waals surface area contributed by atoms with Crippen LogP contribution in [0, 0.1) is 5.92 Å². The van der Waals surface area contributed by atoms with Gasteiger partial charge in [-0.2, -0.15) is 0 Å². The van der Waals surface area contributed by atoms with Crippen LogP contribution in [-0.4, -0.2) is 34.2 Å². The lowest BCUT2D eigenvalue weighted by atomic mass is 9.86. The molecule has 1 fully saturated rings. The molecule has 1 saturated heterocycles. The van der Waals surface area contributed by atoms with Crippen molar-refractivity contribution >= 4 is 11.9 Å². The second-order valence-electron chi connectivity index (χ2n) is 2.59. The van der Waals surface area contributed by atoms with E-state index < -0.39 is 29.9 Å². The molecule has 1 rings (SSSR count). The van der Waals surface area contributed by atoms with Gasteiger partial charge in [-0.3, -0.25) is 4.79 Å².